The molecule has 0 saturated carbocycles. The highest BCUT2D eigenvalue weighted by atomic mass is 35.5. The number of nitrogens with zero attached hydrogens (tertiary/aromatic N) is 1. The second kappa shape index (κ2) is 6.78. The van der Waals surface area contributed by atoms with Crippen molar-refractivity contribution in [3.05, 3.63) is 58.9 Å². The lowest BCUT2D eigenvalue weighted by molar-refractivity contribution is -0.675. The van der Waals surface area contributed by atoms with Crippen molar-refractivity contribution in [3.63, 3.8) is 0 Å². The molecule has 2 aromatic rings. The van der Waals surface area contributed by atoms with Gasteiger partial charge in [-0.3, -0.25) is 0 Å². The number of benzene rings is 1. The van der Waals surface area contributed by atoms with Crippen LogP contribution in [0.25, 0.3) is 0 Å². The van der Waals surface area contributed by atoms with Gasteiger partial charge < -0.3 is 9.88 Å². The van der Waals surface area contributed by atoms with Crippen LogP contribution in [0.1, 0.15) is 25.1 Å². The average molecular weight is 278 g/mol. The normalized spacial score (nSPS) is 11.2. The van der Waals surface area contributed by atoms with Crippen molar-refractivity contribution in [1.82, 2.24) is 4.57 Å². The van der Waals surface area contributed by atoms with E-state index in [4.69, 9.17) is 11.6 Å². The van der Waals surface area contributed by atoms with Crippen LogP contribution in [-0.4, -0.2) is 11.1 Å². The molecule has 0 spiro atoms. The number of rotatable bonds is 6. The van der Waals surface area contributed by atoms with Gasteiger partial charge in [-0.15, -0.1) is 0 Å². The van der Waals surface area contributed by atoms with Crippen LogP contribution in [0.2, 0.25) is 5.02 Å². The summed E-state index contributed by atoms with van der Waals surface area (Å²) >= 11 is 6.22. The fourth-order valence-corrected chi connectivity index (χ4v) is 2.36. The average Bonchev–Trinajstić information content (AvgIpc) is 2.79. The summed E-state index contributed by atoms with van der Waals surface area (Å²) in [5.41, 5.74) is 2.52. The first kappa shape index (κ1) is 14.2. The highest BCUT2D eigenvalue weighted by molar-refractivity contribution is 6.31. The number of nitrogens with two attached hydrogens (primary N) is 1. The second-order valence-corrected chi connectivity index (χ2v) is 5.75. The third kappa shape index (κ3) is 4.12. The van der Waals surface area contributed by atoms with Crippen molar-refractivity contribution >= 4 is 11.6 Å². The van der Waals surface area contributed by atoms with E-state index in [-0.39, 0.29) is 0 Å². The van der Waals surface area contributed by atoms with E-state index in [0.717, 1.165) is 30.6 Å². The minimum absolute atomic E-state index is 0.729. The Morgan fingerprint density at radius 1 is 1.16 bits per heavy atom. The van der Waals surface area contributed by atoms with Gasteiger partial charge in [0.25, 0.3) is 0 Å². The minimum Gasteiger partial charge on any atom is -0.342 e. The molecule has 19 heavy (non-hydrogen) atoms. The number of halogens is 1. The lowest BCUT2D eigenvalue weighted by Crippen LogP contribution is -2.83. The Morgan fingerprint density at radius 3 is 2.68 bits per heavy atom. The molecule has 0 aliphatic rings. The molecule has 2 rings (SSSR count). The second-order valence-electron chi connectivity index (χ2n) is 5.34. The van der Waals surface area contributed by atoms with Gasteiger partial charge in [0.05, 0.1) is 12.2 Å². The molecule has 0 radical (unpaired) electrons. The van der Waals surface area contributed by atoms with E-state index in [9.17, 15) is 0 Å². The third-order valence-corrected chi connectivity index (χ3v) is 3.58. The van der Waals surface area contributed by atoms with Crippen LogP contribution in [0.15, 0.2) is 42.6 Å². The molecule has 102 valence electrons. The maximum Gasteiger partial charge on any atom is 0.116 e. The summed E-state index contributed by atoms with van der Waals surface area (Å²) in [5, 5.41) is 3.21. The molecule has 0 unspecified atom stereocenters. The zero-order valence-corrected chi connectivity index (χ0v) is 12.4. The molecule has 1 aromatic heterocycles. The molecule has 0 aliphatic carbocycles. The number of aromatic nitrogens is 1. The summed E-state index contributed by atoms with van der Waals surface area (Å²) in [5.74, 6) is 0.729. The van der Waals surface area contributed by atoms with Crippen molar-refractivity contribution < 1.29 is 5.32 Å². The third-order valence-electron chi connectivity index (χ3n) is 3.21. The molecule has 0 aliphatic heterocycles. The van der Waals surface area contributed by atoms with Crippen LogP contribution in [0, 0.1) is 5.92 Å². The fraction of sp³-hybridized carbons (Fsp3) is 0.375. The smallest absolute Gasteiger partial charge is 0.116 e. The minimum atomic E-state index is 0.729. The number of hydrogen-bond donors (Lipinski definition) is 1. The Morgan fingerprint density at radius 2 is 1.95 bits per heavy atom. The molecular weight excluding hydrogens is 256 g/mol. The molecule has 2 nitrogen and oxygen atoms in total. The maximum atomic E-state index is 6.22. The van der Waals surface area contributed by atoms with E-state index >= 15 is 0 Å². The number of hydrogen-bond acceptors (Lipinski definition) is 0. The summed E-state index contributed by atoms with van der Waals surface area (Å²) in [6.07, 6.45) is 2.13. The van der Waals surface area contributed by atoms with Crippen LogP contribution in [-0.2, 0) is 13.1 Å². The van der Waals surface area contributed by atoms with Gasteiger partial charge in [-0.05, 0) is 23.8 Å². The Balaban J connectivity index is 2.01. The maximum absolute atomic E-state index is 6.22. The first-order valence-corrected chi connectivity index (χ1v) is 7.23. The van der Waals surface area contributed by atoms with Crippen molar-refractivity contribution in [3.8, 4) is 0 Å². The van der Waals surface area contributed by atoms with E-state index in [1.54, 1.807) is 0 Å². The molecular formula is C16H22ClN2+. The van der Waals surface area contributed by atoms with E-state index in [1.807, 2.05) is 18.2 Å². The van der Waals surface area contributed by atoms with Gasteiger partial charge >= 0.3 is 0 Å². The largest absolute Gasteiger partial charge is 0.342 e. The molecule has 1 aromatic carbocycles. The fourth-order valence-electron chi connectivity index (χ4n) is 2.16. The predicted octanol–water partition coefficient (Wildman–Crippen LogP) is 2.91. The summed E-state index contributed by atoms with van der Waals surface area (Å²) in [6, 6.07) is 12.3. The lowest BCUT2D eigenvalue weighted by Gasteiger charge is -2.10. The summed E-state index contributed by atoms with van der Waals surface area (Å²) in [4.78, 5) is 0. The molecule has 0 bridgehead atoms. The first-order valence-electron chi connectivity index (χ1n) is 6.86. The van der Waals surface area contributed by atoms with Gasteiger partial charge in [0.15, 0.2) is 0 Å². The van der Waals surface area contributed by atoms with E-state index in [2.05, 4.69) is 48.1 Å². The van der Waals surface area contributed by atoms with Gasteiger partial charge in [-0.25, -0.2) is 0 Å². The summed E-state index contributed by atoms with van der Waals surface area (Å²) < 4.78 is 2.28. The molecule has 0 atom stereocenters. The van der Waals surface area contributed by atoms with Crippen LogP contribution < -0.4 is 5.32 Å². The van der Waals surface area contributed by atoms with Gasteiger partial charge in [0.2, 0.25) is 0 Å². The van der Waals surface area contributed by atoms with E-state index in [0.29, 0.717) is 0 Å². The Labute approximate surface area is 120 Å². The highest BCUT2D eigenvalue weighted by Gasteiger charge is 2.06. The highest BCUT2D eigenvalue weighted by Crippen LogP contribution is 2.17. The Hall–Kier alpha value is -1.25. The molecule has 0 amide bonds. The zero-order chi connectivity index (χ0) is 13.7. The zero-order valence-electron chi connectivity index (χ0n) is 11.6. The van der Waals surface area contributed by atoms with Crippen molar-refractivity contribution in [2.75, 3.05) is 6.54 Å². The van der Waals surface area contributed by atoms with Crippen molar-refractivity contribution in [2.45, 2.75) is 26.9 Å². The molecule has 0 fully saturated rings. The number of quaternary nitrogens is 1. The quantitative estimate of drug-likeness (QED) is 0.839. The van der Waals surface area contributed by atoms with Crippen LogP contribution in [0.3, 0.4) is 0 Å². The van der Waals surface area contributed by atoms with Crippen molar-refractivity contribution in [2.24, 2.45) is 5.92 Å². The lowest BCUT2D eigenvalue weighted by atomic mass is 10.2. The van der Waals surface area contributed by atoms with Gasteiger partial charge in [-0.2, -0.15) is 0 Å². The monoisotopic (exact) mass is 277 g/mol. The summed E-state index contributed by atoms with van der Waals surface area (Å²) in [6.45, 7) is 7.53. The van der Waals surface area contributed by atoms with Crippen molar-refractivity contribution in [1.29, 1.82) is 0 Å². The van der Waals surface area contributed by atoms with Crippen LogP contribution in [0.5, 0.6) is 0 Å². The standard InChI is InChI=1S/C16H21ClN2/c1-13(2)10-18-11-15-7-5-9-19(15)12-14-6-3-4-8-16(14)17/h3-9,13,18H,10-12H2,1-2H3/p+1. The van der Waals surface area contributed by atoms with Crippen LogP contribution >= 0.6 is 11.6 Å². The van der Waals surface area contributed by atoms with Gasteiger partial charge in [0.1, 0.15) is 6.54 Å². The van der Waals surface area contributed by atoms with Gasteiger partial charge in [-0.1, -0.05) is 43.6 Å². The Bertz CT molecular complexity index is 517. The molecule has 0 saturated heterocycles. The topological polar surface area (TPSA) is 21.5 Å². The van der Waals surface area contributed by atoms with Crippen LogP contribution in [0.4, 0.5) is 0 Å². The molecule has 1 heterocycles. The SMILES string of the molecule is CC(C)C[NH2+]Cc1cccn1Cc1ccccc1Cl. The van der Waals surface area contributed by atoms with E-state index in [1.165, 1.54) is 11.3 Å². The Kier molecular flexibility index (Phi) is 5.06. The predicted molar refractivity (Wildman–Crippen MR) is 80.3 cm³/mol. The van der Waals surface area contributed by atoms with Gasteiger partial charge in [0, 0.05) is 23.7 Å². The molecule has 2 N–H and O–H groups in total. The summed E-state index contributed by atoms with van der Waals surface area (Å²) in [7, 11) is 0. The van der Waals surface area contributed by atoms with E-state index < -0.39 is 0 Å². The first-order chi connectivity index (χ1) is 9.16. The molecule has 3 heteroatoms.